The van der Waals surface area contributed by atoms with Gasteiger partial charge in [-0.15, -0.1) is 0 Å². The third-order valence-corrected chi connectivity index (χ3v) is 3.02. The maximum atomic E-state index is 13.5. The van der Waals surface area contributed by atoms with E-state index < -0.39 is 11.6 Å². The average molecular weight is 293 g/mol. The van der Waals surface area contributed by atoms with E-state index in [4.69, 9.17) is 0 Å². The van der Waals surface area contributed by atoms with Crippen LogP contribution in [0, 0.1) is 11.6 Å². The molecule has 112 valence electrons. The molecular weight excluding hydrogens is 276 g/mol. The summed E-state index contributed by atoms with van der Waals surface area (Å²) in [5, 5.41) is 2.76. The first kappa shape index (κ1) is 15.2. The lowest BCUT2D eigenvalue weighted by atomic mass is 10.1. The van der Waals surface area contributed by atoms with Gasteiger partial charge in [-0.25, -0.2) is 13.8 Å². The molecule has 1 heterocycles. The lowest BCUT2D eigenvalue weighted by Gasteiger charge is -2.22. The highest BCUT2D eigenvalue weighted by atomic mass is 19.1. The second kappa shape index (κ2) is 5.63. The van der Waals surface area contributed by atoms with Gasteiger partial charge in [-0.3, -0.25) is 4.79 Å². The Hall–Kier alpha value is -2.24. The predicted molar refractivity (Wildman–Crippen MR) is 77.2 cm³/mol. The van der Waals surface area contributed by atoms with Gasteiger partial charge in [0.2, 0.25) is 0 Å². The number of aromatic nitrogens is 2. The molecule has 0 atom stereocenters. The molecule has 1 aromatic carbocycles. The number of halogens is 2. The second-order valence-corrected chi connectivity index (χ2v) is 5.71. The van der Waals surface area contributed by atoms with Crippen molar-refractivity contribution in [2.45, 2.75) is 32.9 Å². The van der Waals surface area contributed by atoms with Crippen molar-refractivity contribution < 1.29 is 8.78 Å². The molecule has 0 unspecified atom stereocenters. The van der Waals surface area contributed by atoms with Gasteiger partial charge in [-0.2, -0.15) is 0 Å². The summed E-state index contributed by atoms with van der Waals surface area (Å²) in [4.78, 5) is 16.2. The van der Waals surface area contributed by atoms with Crippen LogP contribution in [0.4, 0.5) is 14.6 Å². The molecule has 1 aromatic heterocycles. The fraction of sp³-hybridized carbons (Fsp3) is 0.333. The molecule has 0 spiro atoms. The van der Waals surface area contributed by atoms with Gasteiger partial charge in [-0.05, 0) is 39.0 Å². The zero-order chi connectivity index (χ0) is 15.6. The standard InChI is InChI=1S/C15H17F2N3O/c1-15(2,3)20-7-6-18-13(14(20)21)19-9-10-8-11(16)4-5-12(10)17/h4-8H,9H2,1-3H3,(H,18,19). The van der Waals surface area contributed by atoms with Crippen molar-refractivity contribution in [1.82, 2.24) is 9.55 Å². The second-order valence-electron chi connectivity index (χ2n) is 5.71. The summed E-state index contributed by atoms with van der Waals surface area (Å²) in [6.45, 7) is 5.67. The lowest BCUT2D eigenvalue weighted by Crippen LogP contribution is -2.35. The first-order valence-corrected chi connectivity index (χ1v) is 6.55. The van der Waals surface area contributed by atoms with E-state index in [9.17, 15) is 13.6 Å². The first-order chi connectivity index (χ1) is 9.79. The Morgan fingerprint density at radius 2 is 2.00 bits per heavy atom. The molecule has 0 amide bonds. The summed E-state index contributed by atoms with van der Waals surface area (Å²) in [6.07, 6.45) is 3.09. The Morgan fingerprint density at radius 1 is 1.29 bits per heavy atom. The summed E-state index contributed by atoms with van der Waals surface area (Å²) in [5.74, 6) is -0.951. The molecular formula is C15H17F2N3O. The van der Waals surface area contributed by atoms with E-state index in [1.165, 1.54) is 10.8 Å². The van der Waals surface area contributed by atoms with Crippen LogP contribution in [0.3, 0.4) is 0 Å². The highest BCUT2D eigenvalue weighted by Gasteiger charge is 2.16. The molecule has 0 saturated heterocycles. The Morgan fingerprint density at radius 3 is 2.67 bits per heavy atom. The molecule has 0 fully saturated rings. The molecule has 1 N–H and O–H groups in total. The highest BCUT2D eigenvalue weighted by molar-refractivity contribution is 5.33. The number of anilines is 1. The van der Waals surface area contributed by atoms with Gasteiger partial charge in [-0.1, -0.05) is 0 Å². The van der Waals surface area contributed by atoms with Gasteiger partial charge >= 0.3 is 0 Å². The van der Waals surface area contributed by atoms with Crippen LogP contribution in [0.1, 0.15) is 26.3 Å². The normalized spacial score (nSPS) is 11.5. The maximum absolute atomic E-state index is 13.5. The van der Waals surface area contributed by atoms with Gasteiger partial charge in [0, 0.05) is 30.0 Å². The molecule has 0 aliphatic carbocycles. The molecule has 2 rings (SSSR count). The van der Waals surface area contributed by atoms with Crippen molar-refractivity contribution in [1.29, 1.82) is 0 Å². The number of hydrogen-bond acceptors (Lipinski definition) is 3. The summed E-state index contributed by atoms with van der Waals surface area (Å²) >= 11 is 0. The Balaban J connectivity index is 2.25. The average Bonchev–Trinajstić information content (AvgIpc) is 2.40. The fourth-order valence-electron chi connectivity index (χ4n) is 1.92. The smallest absolute Gasteiger partial charge is 0.293 e. The van der Waals surface area contributed by atoms with Crippen LogP contribution in [0.5, 0.6) is 0 Å². The molecule has 0 bridgehead atoms. The topological polar surface area (TPSA) is 46.9 Å². The quantitative estimate of drug-likeness (QED) is 0.946. The van der Waals surface area contributed by atoms with Crippen LogP contribution in [-0.2, 0) is 12.1 Å². The van der Waals surface area contributed by atoms with E-state index in [0.29, 0.717) is 0 Å². The van der Waals surface area contributed by atoms with Gasteiger partial charge in [0.05, 0.1) is 0 Å². The van der Waals surface area contributed by atoms with Crippen molar-refractivity contribution in [2.24, 2.45) is 0 Å². The van der Waals surface area contributed by atoms with E-state index in [-0.39, 0.29) is 29.0 Å². The SMILES string of the molecule is CC(C)(C)n1ccnc(NCc2cc(F)ccc2F)c1=O. The molecule has 0 saturated carbocycles. The van der Waals surface area contributed by atoms with Gasteiger partial charge in [0.1, 0.15) is 11.6 Å². The van der Waals surface area contributed by atoms with E-state index in [1.807, 2.05) is 20.8 Å². The summed E-state index contributed by atoms with van der Waals surface area (Å²) in [6, 6.07) is 3.19. The van der Waals surface area contributed by atoms with E-state index in [0.717, 1.165) is 18.2 Å². The van der Waals surface area contributed by atoms with Gasteiger partial charge in [0.25, 0.3) is 5.56 Å². The Bertz CT molecular complexity index is 705. The number of hydrogen-bond donors (Lipinski definition) is 1. The van der Waals surface area contributed by atoms with Crippen molar-refractivity contribution in [2.75, 3.05) is 5.32 Å². The van der Waals surface area contributed by atoms with Gasteiger partial charge < -0.3 is 9.88 Å². The largest absolute Gasteiger partial charge is 0.361 e. The first-order valence-electron chi connectivity index (χ1n) is 6.55. The highest BCUT2D eigenvalue weighted by Crippen LogP contribution is 2.13. The monoisotopic (exact) mass is 293 g/mol. The van der Waals surface area contributed by atoms with Crippen molar-refractivity contribution in [3.05, 3.63) is 58.1 Å². The van der Waals surface area contributed by atoms with Crippen LogP contribution in [0.15, 0.2) is 35.4 Å². The Labute approximate surface area is 121 Å². The van der Waals surface area contributed by atoms with Crippen LogP contribution in [0.25, 0.3) is 0 Å². The molecule has 6 heteroatoms. The van der Waals surface area contributed by atoms with Gasteiger partial charge in [0.15, 0.2) is 5.82 Å². The van der Waals surface area contributed by atoms with E-state index in [1.54, 1.807) is 6.20 Å². The van der Waals surface area contributed by atoms with Crippen LogP contribution in [-0.4, -0.2) is 9.55 Å². The zero-order valence-electron chi connectivity index (χ0n) is 12.2. The summed E-state index contributed by atoms with van der Waals surface area (Å²) in [5.41, 5.74) is -0.551. The maximum Gasteiger partial charge on any atom is 0.293 e. The molecule has 0 aliphatic heterocycles. The zero-order valence-corrected chi connectivity index (χ0v) is 12.2. The molecule has 21 heavy (non-hydrogen) atoms. The molecule has 0 aliphatic rings. The van der Waals surface area contributed by atoms with E-state index >= 15 is 0 Å². The molecule has 0 radical (unpaired) electrons. The minimum atomic E-state index is -0.532. The van der Waals surface area contributed by atoms with Crippen molar-refractivity contribution in [3.63, 3.8) is 0 Å². The number of nitrogens with one attached hydrogen (secondary N) is 1. The summed E-state index contributed by atoms with van der Waals surface area (Å²) < 4.78 is 28.2. The van der Waals surface area contributed by atoms with Crippen LogP contribution in [0.2, 0.25) is 0 Å². The third kappa shape index (κ3) is 3.45. The number of benzene rings is 1. The lowest BCUT2D eigenvalue weighted by molar-refractivity contribution is 0.383. The number of nitrogens with zero attached hydrogens (tertiary/aromatic N) is 2. The van der Waals surface area contributed by atoms with Crippen LogP contribution >= 0.6 is 0 Å². The predicted octanol–water partition coefficient (Wildman–Crippen LogP) is 2.89. The van der Waals surface area contributed by atoms with Crippen molar-refractivity contribution in [3.8, 4) is 0 Å². The minimum Gasteiger partial charge on any atom is -0.361 e. The fourth-order valence-corrected chi connectivity index (χ4v) is 1.92. The van der Waals surface area contributed by atoms with Crippen LogP contribution < -0.4 is 10.9 Å². The van der Waals surface area contributed by atoms with E-state index in [2.05, 4.69) is 10.3 Å². The summed E-state index contributed by atoms with van der Waals surface area (Å²) in [7, 11) is 0. The molecule has 2 aromatic rings. The van der Waals surface area contributed by atoms with Crippen molar-refractivity contribution >= 4 is 5.82 Å². The Kier molecular flexibility index (Phi) is 4.06. The molecule has 4 nitrogen and oxygen atoms in total. The minimum absolute atomic E-state index is 0.0139. The third-order valence-electron chi connectivity index (χ3n) is 3.02. The number of rotatable bonds is 3.